The quantitative estimate of drug-likeness (QED) is 0.683. The predicted molar refractivity (Wildman–Crippen MR) is 117 cm³/mol. The highest BCUT2D eigenvalue weighted by molar-refractivity contribution is 8.18. The van der Waals surface area contributed by atoms with Crippen molar-refractivity contribution in [1.29, 1.82) is 0 Å². The second kappa shape index (κ2) is 8.65. The molecule has 1 atom stereocenters. The minimum absolute atomic E-state index is 0.226. The molecule has 0 N–H and O–H groups in total. The Bertz CT molecular complexity index is 1020. The summed E-state index contributed by atoms with van der Waals surface area (Å²) >= 11 is 0.891. The number of imide groups is 1. The number of fused-ring (bicyclic) bond motifs is 1. The highest BCUT2D eigenvalue weighted by Crippen LogP contribution is 2.35. The van der Waals surface area contributed by atoms with E-state index in [2.05, 4.69) is 24.5 Å². The number of carbonyl (C=O) groups is 3. The van der Waals surface area contributed by atoms with Gasteiger partial charge in [-0.15, -0.1) is 0 Å². The highest BCUT2D eigenvalue weighted by Gasteiger charge is 2.37. The van der Waals surface area contributed by atoms with Gasteiger partial charge in [-0.2, -0.15) is 0 Å². The van der Waals surface area contributed by atoms with Gasteiger partial charge in [-0.3, -0.25) is 19.3 Å². The molecule has 4 rings (SSSR count). The lowest BCUT2D eigenvalue weighted by Crippen LogP contribution is -2.46. The maximum Gasteiger partial charge on any atom is 0.294 e. The molecule has 2 aromatic rings. The summed E-state index contributed by atoms with van der Waals surface area (Å²) in [7, 11) is 0. The molecule has 2 saturated heterocycles. The largest absolute Gasteiger partial charge is 0.378 e. The number of aromatic nitrogens is 1. The van der Waals surface area contributed by atoms with Crippen LogP contribution in [0.2, 0.25) is 0 Å². The van der Waals surface area contributed by atoms with Crippen LogP contribution in [-0.2, 0) is 14.3 Å². The van der Waals surface area contributed by atoms with Gasteiger partial charge in [-0.25, -0.2) is 0 Å². The van der Waals surface area contributed by atoms with Crippen LogP contribution in [-0.4, -0.2) is 64.3 Å². The lowest BCUT2D eigenvalue weighted by molar-refractivity contribution is -0.139. The number of ether oxygens (including phenoxy) is 1. The van der Waals surface area contributed by atoms with Gasteiger partial charge in [0.05, 0.1) is 18.1 Å². The SMILES string of the molecule is CC[C@H](C)n1cc(/C=C2/SC(=O)N(CC(=O)N3CCOCC3)C2=O)c2ccccc21. The Labute approximate surface area is 179 Å². The smallest absolute Gasteiger partial charge is 0.294 e. The summed E-state index contributed by atoms with van der Waals surface area (Å²) in [5.41, 5.74) is 2.00. The molecule has 2 aliphatic heterocycles. The molecule has 3 amide bonds. The van der Waals surface area contributed by atoms with E-state index >= 15 is 0 Å². The number of nitrogens with zero attached hydrogens (tertiary/aromatic N) is 3. The fourth-order valence-corrected chi connectivity index (χ4v) is 4.56. The molecular weight excluding hydrogens is 402 g/mol. The third kappa shape index (κ3) is 3.89. The van der Waals surface area contributed by atoms with Crippen molar-refractivity contribution in [3.8, 4) is 0 Å². The average molecular weight is 428 g/mol. The summed E-state index contributed by atoms with van der Waals surface area (Å²) in [6, 6.07) is 8.36. The van der Waals surface area contributed by atoms with Crippen LogP contribution in [0.5, 0.6) is 0 Å². The van der Waals surface area contributed by atoms with Crippen molar-refractivity contribution >= 4 is 45.8 Å². The van der Waals surface area contributed by atoms with Crippen molar-refractivity contribution in [2.75, 3.05) is 32.8 Å². The second-order valence-corrected chi connectivity index (χ2v) is 8.52. The standard InChI is InChI=1S/C22H25N3O4S/c1-3-15(2)24-13-16(17-6-4-5-7-18(17)24)12-19-21(27)25(22(28)30-19)14-20(26)23-8-10-29-11-9-23/h4-7,12-13,15H,3,8-11,14H2,1-2H3/b19-12+/t15-/m0/s1. The number of benzene rings is 1. The zero-order valence-electron chi connectivity index (χ0n) is 17.2. The van der Waals surface area contributed by atoms with Crippen molar-refractivity contribution in [3.63, 3.8) is 0 Å². The third-order valence-electron chi connectivity index (χ3n) is 5.65. The van der Waals surface area contributed by atoms with Crippen molar-refractivity contribution < 1.29 is 19.1 Å². The van der Waals surface area contributed by atoms with Crippen LogP contribution in [0.15, 0.2) is 35.4 Å². The Hall–Kier alpha value is -2.58. The van der Waals surface area contributed by atoms with Gasteiger partial charge in [0.25, 0.3) is 11.1 Å². The van der Waals surface area contributed by atoms with Gasteiger partial charge in [0.2, 0.25) is 5.91 Å². The van der Waals surface area contributed by atoms with E-state index in [4.69, 9.17) is 4.74 Å². The van der Waals surface area contributed by atoms with Crippen LogP contribution in [0, 0.1) is 0 Å². The Morgan fingerprint density at radius 2 is 1.97 bits per heavy atom. The maximum atomic E-state index is 12.9. The van der Waals surface area contributed by atoms with Gasteiger partial charge >= 0.3 is 0 Å². The predicted octanol–water partition coefficient (Wildman–Crippen LogP) is 3.51. The minimum Gasteiger partial charge on any atom is -0.378 e. The number of rotatable bonds is 5. The van der Waals surface area contributed by atoms with E-state index in [0.717, 1.165) is 39.5 Å². The number of amides is 3. The summed E-state index contributed by atoms with van der Waals surface area (Å²) in [5, 5.41) is 0.632. The normalized spacial score (nSPS) is 19.9. The Balaban J connectivity index is 1.58. The van der Waals surface area contributed by atoms with E-state index in [1.807, 2.05) is 24.4 Å². The first-order valence-corrected chi connectivity index (χ1v) is 11.0. The fraction of sp³-hybridized carbons (Fsp3) is 0.409. The van der Waals surface area contributed by atoms with Crippen molar-refractivity contribution in [2.45, 2.75) is 26.3 Å². The number of thioether (sulfide) groups is 1. The summed E-state index contributed by atoms with van der Waals surface area (Å²) in [6.07, 6.45) is 4.79. The average Bonchev–Trinajstić information content (AvgIpc) is 3.26. The Kier molecular flexibility index (Phi) is 5.97. The molecule has 0 bridgehead atoms. The van der Waals surface area contributed by atoms with Crippen LogP contribution < -0.4 is 0 Å². The zero-order valence-corrected chi connectivity index (χ0v) is 18.0. The summed E-state index contributed by atoms with van der Waals surface area (Å²) in [6.45, 7) is 6.00. The number of hydrogen-bond donors (Lipinski definition) is 0. The molecule has 0 unspecified atom stereocenters. The van der Waals surface area contributed by atoms with Gasteiger partial charge in [0.1, 0.15) is 6.54 Å². The molecule has 1 aromatic heterocycles. The zero-order chi connectivity index (χ0) is 21.3. The first-order chi connectivity index (χ1) is 14.5. The number of para-hydroxylation sites is 1. The molecule has 0 radical (unpaired) electrons. The summed E-state index contributed by atoms with van der Waals surface area (Å²) in [5.74, 6) is -0.637. The molecule has 7 nitrogen and oxygen atoms in total. The molecule has 1 aromatic carbocycles. The van der Waals surface area contributed by atoms with Crippen LogP contribution >= 0.6 is 11.8 Å². The van der Waals surface area contributed by atoms with Gasteiger partial charge in [0, 0.05) is 41.8 Å². The van der Waals surface area contributed by atoms with E-state index < -0.39 is 11.1 Å². The lowest BCUT2D eigenvalue weighted by atomic mass is 10.1. The van der Waals surface area contributed by atoms with E-state index in [-0.39, 0.29) is 12.5 Å². The van der Waals surface area contributed by atoms with Crippen LogP contribution in [0.1, 0.15) is 31.9 Å². The monoisotopic (exact) mass is 427 g/mol. The number of carbonyl (C=O) groups excluding carboxylic acids is 3. The topological polar surface area (TPSA) is 71.8 Å². The first kappa shape index (κ1) is 20.7. The Morgan fingerprint density at radius 1 is 1.23 bits per heavy atom. The van der Waals surface area contributed by atoms with Gasteiger partial charge in [-0.1, -0.05) is 25.1 Å². The molecule has 3 heterocycles. The second-order valence-electron chi connectivity index (χ2n) is 7.53. The molecule has 158 valence electrons. The van der Waals surface area contributed by atoms with E-state index in [1.165, 1.54) is 0 Å². The minimum atomic E-state index is -0.410. The molecule has 2 aliphatic rings. The van der Waals surface area contributed by atoms with Gasteiger partial charge < -0.3 is 14.2 Å². The van der Waals surface area contributed by atoms with Crippen molar-refractivity contribution in [1.82, 2.24) is 14.4 Å². The van der Waals surface area contributed by atoms with Crippen LogP contribution in [0.3, 0.4) is 0 Å². The fourth-order valence-electron chi connectivity index (χ4n) is 3.73. The number of hydrogen-bond acceptors (Lipinski definition) is 5. The molecule has 0 aliphatic carbocycles. The van der Waals surface area contributed by atoms with E-state index in [9.17, 15) is 14.4 Å². The molecular formula is C22H25N3O4S. The third-order valence-corrected chi connectivity index (χ3v) is 6.56. The molecule has 0 saturated carbocycles. The van der Waals surface area contributed by atoms with Crippen LogP contribution in [0.4, 0.5) is 4.79 Å². The van der Waals surface area contributed by atoms with Crippen LogP contribution in [0.25, 0.3) is 17.0 Å². The van der Waals surface area contributed by atoms with Crippen molar-refractivity contribution in [2.24, 2.45) is 0 Å². The van der Waals surface area contributed by atoms with Gasteiger partial charge in [0.15, 0.2) is 0 Å². The number of morpholine rings is 1. The summed E-state index contributed by atoms with van der Waals surface area (Å²) in [4.78, 5) is 40.9. The molecule has 30 heavy (non-hydrogen) atoms. The Morgan fingerprint density at radius 3 is 2.70 bits per heavy atom. The molecule has 2 fully saturated rings. The molecule has 8 heteroatoms. The van der Waals surface area contributed by atoms with E-state index in [0.29, 0.717) is 37.3 Å². The summed E-state index contributed by atoms with van der Waals surface area (Å²) < 4.78 is 7.45. The maximum absolute atomic E-state index is 12.9. The lowest BCUT2D eigenvalue weighted by Gasteiger charge is -2.28. The molecule has 0 spiro atoms. The first-order valence-electron chi connectivity index (χ1n) is 10.2. The van der Waals surface area contributed by atoms with Crippen molar-refractivity contribution in [3.05, 3.63) is 40.9 Å². The van der Waals surface area contributed by atoms with Gasteiger partial charge in [-0.05, 0) is 37.2 Å². The highest BCUT2D eigenvalue weighted by atomic mass is 32.2. The van der Waals surface area contributed by atoms with E-state index in [1.54, 1.807) is 11.0 Å².